The Hall–Kier alpha value is -1.68. The number of esters is 1. The number of ketones is 1. The Morgan fingerprint density at radius 1 is 0.800 bits per heavy atom. The Morgan fingerprint density at radius 3 is 1.93 bits per heavy atom. The van der Waals surface area contributed by atoms with Gasteiger partial charge in [0, 0.05) is 12.0 Å². The summed E-state index contributed by atoms with van der Waals surface area (Å²) in [7, 11) is 0. The van der Waals surface area contributed by atoms with E-state index < -0.39 is 0 Å². The highest BCUT2D eigenvalue weighted by molar-refractivity contribution is 5.97. The number of carbonyl (C=O) groups excluding carboxylic acids is 2. The molecule has 1 aromatic carbocycles. The van der Waals surface area contributed by atoms with Gasteiger partial charge in [0.1, 0.15) is 0 Å². The van der Waals surface area contributed by atoms with E-state index in [1.54, 1.807) is 24.3 Å². The molecule has 0 saturated heterocycles. The van der Waals surface area contributed by atoms with Crippen LogP contribution in [0, 0.1) is 0 Å². The smallest absolute Gasteiger partial charge is 0.306 e. The third-order valence-electron chi connectivity index (χ3n) is 5.52. The van der Waals surface area contributed by atoms with Crippen molar-refractivity contribution < 1.29 is 19.4 Å². The van der Waals surface area contributed by atoms with Crippen molar-refractivity contribution in [3.63, 3.8) is 0 Å². The summed E-state index contributed by atoms with van der Waals surface area (Å²) in [5, 5.41) is 9.82. The molecular formula is C26H42O4. The lowest BCUT2D eigenvalue weighted by molar-refractivity contribution is -0.142. The van der Waals surface area contributed by atoms with E-state index in [2.05, 4.69) is 6.92 Å². The topological polar surface area (TPSA) is 63.6 Å². The van der Waals surface area contributed by atoms with Gasteiger partial charge in [-0.3, -0.25) is 9.59 Å². The van der Waals surface area contributed by atoms with E-state index >= 15 is 0 Å². The minimum atomic E-state index is -0.279. The van der Waals surface area contributed by atoms with Crippen LogP contribution in [0.5, 0.6) is 0 Å². The van der Waals surface area contributed by atoms with Crippen LogP contribution in [0.4, 0.5) is 0 Å². The molecule has 0 heterocycles. The first-order chi connectivity index (χ1) is 14.6. The van der Waals surface area contributed by atoms with Crippen molar-refractivity contribution in [1.29, 1.82) is 0 Å². The molecule has 0 bridgehead atoms. The summed E-state index contributed by atoms with van der Waals surface area (Å²) < 4.78 is 5.08. The summed E-state index contributed by atoms with van der Waals surface area (Å²) in [5.41, 5.74) is 0.579. The molecule has 0 aliphatic carbocycles. The molecule has 0 fully saturated rings. The largest absolute Gasteiger partial charge is 0.457 e. The zero-order chi connectivity index (χ0) is 21.9. The standard InChI is InChI=1S/C26H42O4/c1-2-3-19-24(27)20-15-10-8-6-4-5-7-9-11-16-21-26(29)30-22-25(28)23-17-13-12-14-18-23/h12-14,17-18,24,27H,2-11,15-16,19-22H2,1H3. The summed E-state index contributed by atoms with van der Waals surface area (Å²) in [5.74, 6) is -0.435. The van der Waals surface area contributed by atoms with Gasteiger partial charge in [-0.05, 0) is 19.3 Å². The van der Waals surface area contributed by atoms with Gasteiger partial charge in [0.2, 0.25) is 0 Å². The number of rotatable bonds is 19. The predicted octanol–water partition coefficient (Wildman–Crippen LogP) is 6.64. The van der Waals surface area contributed by atoms with E-state index in [1.165, 1.54) is 38.5 Å². The van der Waals surface area contributed by atoms with Gasteiger partial charge in [0.25, 0.3) is 0 Å². The maximum Gasteiger partial charge on any atom is 0.306 e. The quantitative estimate of drug-likeness (QED) is 0.155. The lowest BCUT2D eigenvalue weighted by Gasteiger charge is -2.09. The first-order valence-electron chi connectivity index (χ1n) is 12.1. The number of hydrogen-bond donors (Lipinski definition) is 1. The number of carbonyl (C=O) groups is 2. The average Bonchev–Trinajstić information content (AvgIpc) is 2.77. The predicted molar refractivity (Wildman–Crippen MR) is 123 cm³/mol. The van der Waals surface area contributed by atoms with Crippen molar-refractivity contribution in [2.45, 2.75) is 109 Å². The summed E-state index contributed by atoms with van der Waals surface area (Å²) in [4.78, 5) is 23.6. The van der Waals surface area contributed by atoms with Crippen LogP contribution < -0.4 is 0 Å². The van der Waals surface area contributed by atoms with Crippen molar-refractivity contribution in [3.8, 4) is 0 Å². The Bertz CT molecular complexity index is 555. The molecule has 0 amide bonds. The molecule has 4 nitrogen and oxygen atoms in total. The Morgan fingerprint density at radius 2 is 1.33 bits per heavy atom. The van der Waals surface area contributed by atoms with E-state index in [9.17, 15) is 14.7 Å². The van der Waals surface area contributed by atoms with Gasteiger partial charge in [0.05, 0.1) is 6.10 Å². The fraction of sp³-hybridized carbons (Fsp3) is 0.692. The third kappa shape index (κ3) is 14.3. The molecule has 1 rings (SSSR count). The fourth-order valence-electron chi connectivity index (χ4n) is 3.57. The van der Waals surface area contributed by atoms with Crippen molar-refractivity contribution in [1.82, 2.24) is 0 Å². The van der Waals surface area contributed by atoms with Crippen LogP contribution in [-0.2, 0) is 9.53 Å². The van der Waals surface area contributed by atoms with Gasteiger partial charge in [-0.15, -0.1) is 0 Å². The molecule has 0 aliphatic rings. The van der Waals surface area contributed by atoms with Gasteiger partial charge >= 0.3 is 5.97 Å². The molecule has 0 spiro atoms. The van der Waals surface area contributed by atoms with E-state index in [0.29, 0.717) is 12.0 Å². The lowest BCUT2D eigenvalue weighted by atomic mass is 10.0. The molecule has 4 heteroatoms. The summed E-state index contributed by atoms with van der Waals surface area (Å²) >= 11 is 0. The molecule has 30 heavy (non-hydrogen) atoms. The SMILES string of the molecule is CCCCC(O)CCCCCCCCCCCCC(=O)OCC(=O)c1ccccc1. The van der Waals surface area contributed by atoms with Crippen LogP contribution in [0.25, 0.3) is 0 Å². The Balaban J connectivity index is 1.85. The number of benzene rings is 1. The first kappa shape index (κ1) is 26.4. The highest BCUT2D eigenvalue weighted by Crippen LogP contribution is 2.14. The van der Waals surface area contributed by atoms with Crippen molar-refractivity contribution in [3.05, 3.63) is 35.9 Å². The van der Waals surface area contributed by atoms with E-state index in [0.717, 1.165) is 51.4 Å². The third-order valence-corrected chi connectivity index (χ3v) is 5.52. The maximum absolute atomic E-state index is 11.9. The summed E-state index contributed by atoms with van der Waals surface area (Å²) in [6.45, 7) is 2.00. The lowest BCUT2D eigenvalue weighted by Crippen LogP contribution is -2.13. The minimum absolute atomic E-state index is 0.0911. The molecule has 0 saturated carbocycles. The number of ether oxygens (including phenoxy) is 1. The second kappa shape index (κ2) is 18.1. The molecule has 170 valence electrons. The van der Waals surface area contributed by atoms with Gasteiger partial charge in [-0.25, -0.2) is 0 Å². The number of hydrogen-bond acceptors (Lipinski definition) is 4. The highest BCUT2D eigenvalue weighted by Gasteiger charge is 2.09. The second-order valence-electron chi connectivity index (χ2n) is 8.32. The zero-order valence-electron chi connectivity index (χ0n) is 18.9. The Kier molecular flexibility index (Phi) is 15.9. The average molecular weight is 419 g/mol. The molecule has 0 aromatic heterocycles. The van der Waals surface area contributed by atoms with Gasteiger partial charge in [-0.1, -0.05) is 108 Å². The molecule has 1 atom stereocenters. The van der Waals surface area contributed by atoms with E-state index in [-0.39, 0.29) is 24.5 Å². The van der Waals surface area contributed by atoms with Crippen LogP contribution in [0.1, 0.15) is 114 Å². The molecule has 0 radical (unpaired) electrons. The number of unbranched alkanes of at least 4 members (excludes halogenated alkanes) is 10. The zero-order valence-corrected chi connectivity index (χ0v) is 18.9. The van der Waals surface area contributed by atoms with Gasteiger partial charge < -0.3 is 9.84 Å². The van der Waals surface area contributed by atoms with E-state index in [1.807, 2.05) is 6.07 Å². The number of aliphatic hydroxyl groups excluding tert-OH is 1. The first-order valence-corrected chi connectivity index (χ1v) is 12.1. The normalized spacial score (nSPS) is 11.9. The molecule has 1 N–H and O–H groups in total. The highest BCUT2D eigenvalue weighted by atomic mass is 16.5. The molecule has 0 aliphatic heterocycles. The van der Waals surface area contributed by atoms with Crippen LogP contribution in [0.3, 0.4) is 0 Å². The van der Waals surface area contributed by atoms with E-state index in [4.69, 9.17) is 4.74 Å². The fourth-order valence-corrected chi connectivity index (χ4v) is 3.57. The van der Waals surface area contributed by atoms with Gasteiger partial charge in [0.15, 0.2) is 12.4 Å². The van der Waals surface area contributed by atoms with Crippen molar-refractivity contribution in [2.75, 3.05) is 6.61 Å². The minimum Gasteiger partial charge on any atom is -0.457 e. The number of aliphatic hydroxyl groups is 1. The maximum atomic E-state index is 11.9. The van der Waals surface area contributed by atoms with Crippen LogP contribution >= 0.6 is 0 Å². The summed E-state index contributed by atoms with van der Waals surface area (Å²) in [6, 6.07) is 8.92. The Labute approximate surface area is 183 Å². The summed E-state index contributed by atoms with van der Waals surface area (Å²) in [6.07, 6.45) is 16.2. The molecule has 1 unspecified atom stereocenters. The molecule has 1 aromatic rings. The van der Waals surface area contributed by atoms with Gasteiger partial charge in [-0.2, -0.15) is 0 Å². The number of Topliss-reactive ketones (excluding diaryl/α,β-unsaturated/α-hetero) is 1. The second-order valence-corrected chi connectivity index (χ2v) is 8.32. The van der Waals surface area contributed by atoms with Crippen LogP contribution in [0.15, 0.2) is 30.3 Å². The van der Waals surface area contributed by atoms with Crippen molar-refractivity contribution in [2.24, 2.45) is 0 Å². The van der Waals surface area contributed by atoms with Crippen molar-refractivity contribution >= 4 is 11.8 Å². The molecular weight excluding hydrogens is 376 g/mol. The van der Waals surface area contributed by atoms with Crippen LogP contribution in [-0.4, -0.2) is 29.6 Å². The monoisotopic (exact) mass is 418 g/mol. The van der Waals surface area contributed by atoms with Crippen LogP contribution in [0.2, 0.25) is 0 Å².